The lowest BCUT2D eigenvalue weighted by Crippen LogP contribution is -2.25. The third kappa shape index (κ3) is 3.07. The summed E-state index contributed by atoms with van der Waals surface area (Å²) in [5.74, 6) is 0.0971. The Morgan fingerprint density at radius 3 is 2.68 bits per heavy atom. The second-order valence-corrected chi connectivity index (χ2v) is 6.08. The molecule has 0 atom stereocenters. The van der Waals surface area contributed by atoms with Crippen molar-refractivity contribution in [2.24, 2.45) is 0 Å². The van der Waals surface area contributed by atoms with Crippen molar-refractivity contribution in [3.63, 3.8) is 0 Å². The van der Waals surface area contributed by atoms with Crippen molar-refractivity contribution in [2.75, 3.05) is 24.5 Å². The van der Waals surface area contributed by atoms with Gasteiger partial charge in [-0.2, -0.15) is 0 Å². The topological polar surface area (TPSA) is 23.6 Å². The summed E-state index contributed by atoms with van der Waals surface area (Å²) in [7, 11) is 0. The molecule has 0 unspecified atom stereocenters. The van der Waals surface area contributed by atoms with Gasteiger partial charge in [0.15, 0.2) is 0 Å². The Kier molecular flexibility index (Phi) is 4.76. The lowest BCUT2D eigenvalue weighted by molar-refractivity contribution is -0.116. The molecule has 3 nitrogen and oxygen atoms in total. The zero-order chi connectivity index (χ0) is 14.0. The fraction of sp³-hybridized carbons (Fsp3) is 0.500. The SMILES string of the molecule is CCN(CC)Sc1cc2c(cc1Cl)CCN2C(C)=O. The second kappa shape index (κ2) is 6.16. The molecule has 0 fully saturated rings. The molecule has 0 aliphatic carbocycles. The van der Waals surface area contributed by atoms with Gasteiger partial charge >= 0.3 is 0 Å². The van der Waals surface area contributed by atoms with Crippen molar-refractivity contribution in [2.45, 2.75) is 32.1 Å². The predicted octanol–water partition coefficient (Wildman–Crippen LogP) is 3.60. The lowest BCUT2D eigenvalue weighted by Gasteiger charge is -2.20. The molecule has 2 rings (SSSR count). The minimum atomic E-state index is 0.0971. The molecule has 0 radical (unpaired) electrons. The summed E-state index contributed by atoms with van der Waals surface area (Å²) in [6, 6.07) is 4.06. The number of carbonyl (C=O) groups excluding carboxylic acids is 1. The van der Waals surface area contributed by atoms with Gasteiger partial charge in [-0.3, -0.25) is 4.79 Å². The van der Waals surface area contributed by atoms with Gasteiger partial charge in [0.2, 0.25) is 5.91 Å². The number of hydrogen-bond acceptors (Lipinski definition) is 3. The molecule has 1 heterocycles. The van der Waals surface area contributed by atoms with Crippen molar-refractivity contribution < 1.29 is 4.79 Å². The van der Waals surface area contributed by atoms with Crippen LogP contribution in [0.2, 0.25) is 5.02 Å². The maximum Gasteiger partial charge on any atom is 0.223 e. The van der Waals surface area contributed by atoms with E-state index in [-0.39, 0.29) is 5.91 Å². The van der Waals surface area contributed by atoms with E-state index < -0.39 is 0 Å². The fourth-order valence-corrected chi connectivity index (χ4v) is 3.41. The number of carbonyl (C=O) groups is 1. The molecular weight excluding hydrogens is 280 g/mol. The molecule has 1 aliphatic rings. The van der Waals surface area contributed by atoms with Crippen LogP contribution in [0, 0.1) is 0 Å². The fourth-order valence-electron chi connectivity index (χ4n) is 2.28. The summed E-state index contributed by atoms with van der Waals surface area (Å²) < 4.78 is 2.24. The van der Waals surface area contributed by atoms with E-state index in [9.17, 15) is 4.79 Å². The van der Waals surface area contributed by atoms with Crippen molar-refractivity contribution in [3.05, 3.63) is 22.7 Å². The molecule has 5 heteroatoms. The summed E-state index contributed by atoms with van der Waals surface area (Å²) in [6.45, 7) is 8.55. The number of fused-ring (bicyclic) bond motifs is 1. The van der Waals surface area contributed by atoms with Gasteiger partial charge in [0, 0.05) is 37.1 Å². The van der Waals surface area contributed by atoms with Gasteiger partial charge in [-0.25, -0.2) is 4.31 Å². The highest BCUT2D eigenvalue weighted by Crippen LogP contribution is 2.38. The smallest absolute Gasteiger partial charge is 0.223 e. The van der Waals surface area contributed by atoms with Crippen LogP contribution in [0.1, 0.15) is 26.3 Å². The first-order valence-corrected chi connectivity index (χ1v) is 7.75. The maximum atomic E-state index is 11.6. The first-order chi connectivity index (χ1) is 9.06. The average Bonchev–Trinajstić information content (AvgIpc) is 2.78. The Bertz CT molecular complexity index is 489. The molecular formula is C14H19ClN2OS. The molecule has 1 aromatic carbocycles. The molecule has 19 heavy (non-hydrogen) atoms. The van der Waals surface area contributed by atoms with E-state index in [4.69, 9.17) is 11.6 Å². The van der Waals surface area contributed by atoms with Crippen LogP contribution in [0.5, 0.6) is 0 Å². The van der Waals surface area contributed by atoms with E-state index in [1.165, 1.54) is 5.56 Å². The van der Waals surface area contributed by atoms with Crippen molar-refractivity contribution in [1.29, 1.82) is 0 Å². The Morgan fingerprint density at radius 1 is 1.42 bits per heavy atom. The Labute approximate surface area is 124 Å². The second-order valence-electron chi connectivity index (χ2n) is 4.54. The van der Waals surface area contributed by atoms with Crippen LogP contribution in [0.4, 0.5) is 5.69 Å². The van der Waals surface area contributed by atoms with Gasteiger partial charge in [0.25, 0.3) is 0 Å². The zero-order valence-corrected chi connectivity index (χ0v) is 13.1. The van der Waals surface area contributed by atoms with E-state index in [1.807, 2.05) is 11.0 Å². The first-order valence-electron chi connectivity index (χ1n) is 6.60. The Morgan fingerprint density at radius 2 is 2.11 bits per heavy atom. The Hall–Kier alpha value is -0.710. The highest BCUT2D eigenvalue weighted by Gasteiger charge is 2.24. The van der Waals surface area contributed by atoms with E-state index >= 15 is 0 Å². The van der Waals surface area contributed by atoms with Crippen LogP contribution in [0.15, 0.2) is 17.0 Å². The highest BCUT2D eigenvalue weighted by molar-refractivity contribution is 7.97. The summed E-state index contributed by atoms with van der Waals surface area (Å²) in [4.78, 5) is 14.5. The molecule has 1 aromatic rings. The minimum absolute atomic E-state index is 0.0971. The van der Waals surface area contributed by atoms with Gasteiger partial charge < -0.3 is 4.90 Å². The molecule has 1 aliphatic heterocycles. The Balaban J connectivity index is 2.31. The quantitative estimate of drug-likeness (QED) is 0.794. The molecule has 0 saturated carbocycles. The van der Waals surface area contributed by atoms with Crippen molar-refractivity contribution in [3.8, 4) is 0 Å². The summed E-state index contributed by atoms with van der Waals surface area (Å²) in [5, 5.41) is 0.779. The molecule has 104 valence electrons. The van der Waals surface area contributed by atoms with Gasteiger partial charge in [-0.05, 0) is 36.1 Å². The molecule has 0 spiro atoms. The standard InChI is InChI=1S/C14H19ClN2OS/c1-4-16(5-2)19-14-9-13-11(8-12(14)15)6-7-17(13)10(3)18/h8-9H,4-7H2,1-3H3. The van der Waals surface area contributed by atoms with Gasteiger partial charge in [0.1, 0.15) is 0 Å². The van der Waals surface area contributed by atoms with Crippen LogP contribution >= 0.6 is 23.5 Å². The monoisotopic (exact) mass is 298 g/mol. The molecule has 0 bridgehead atoms. The third-order valence-corrected chi connectivity index (χ3v) is 5.08. The summed E-state index contributed by atoms with van der Waals surface area (Å²) >= 11 is 8.00. The minimum Gasteiger partial charge on any atom is -0.312 e. The normalized spacial score (nSPS) is 14.1. The lowest BCUT2D eigenvalue weighted by atomic mass is 10.2. The third-order valence-electron chi connectivity index (χ3n) is 3.34. The van der Waals surface area contributed by atoms with Crippen molar-refractivity contribution >= 4 is 35.1 Å². The average molecular weight is 299 g/mol. The number of amides is 1. The summed E-state index contributed by atoms with van der Waals surface area (Å²) in [5.41, 5.74) is 2.19. The number of nitrogens with zero attached hydrogens (tertiary/aromatic N) is 2. The number of benzene rings is 1. The van der Waals surface area contributed by atoms with E-state index in [0.29, 0.717) is 0 Å². The van der Waals surface area contributed by atoms with E-state index in [1.54, 1.807) is 18.9 Å². The van der Waals surface area contributed by atoms with Crippen LogP contribution in [0.3, 0.4) is 0 Å². The molecule has 0 aromatic heterocycles. The highest BCUT2D eigenvalue weighted by atomic mass is 35.5. The van der Waals surface area contributed by atoms with E-state index in [2.05, 4.69) is 24.2 Å². The number of halogens is 1. The van der Waals surface area contributed by atoms with E-state index in [0.717, 1.165) is 41.7 Å². The van der Waals surface area contributed by atoms with Gasteiger partial charge in [-0.15, -0.1) is 0 Å². The van der Waals surface area contributed by atoms with Crippen LogP contribution < -0.4 is 4.90 Å². The van der Waals surface area contributed by atoms with Crippen LogP contribution in [0.25, 0.3) is 0 Å². The number of rotatable bonds is 4. The molecule has 0 N–H and O–H groups in total. The zero-order valence-electron chi connectivity index (χ0n) is 11.6. The predicted molar refractivity (Wildman–Crippen MR) is 82.0 cm³/mol. The first kappa shape index (κ1) is 14.7. The largest absolute Gasteiger partial charge is 0.312 e. The number of anilines is 1. The maximum absolute atomic E-state index is 11.6. The van der Waals surface area contributed by atoms with Crippen molar-refractivity contribution in [1.82, 2.24) is 4.31 Å². The van der Waals surface area contributed by atoms with Gasteiger partial charge in [-0.1, -0.05) is 25.4 Å². The number of hydrogen-bond donors (Lipinski definition) is 0. The summed E-state index contributed by atoms with van der Waals surface area (Å²) in [6.07, 6.45) is 0.894. The molecule has 0 saturated heterocycles. The van der Waals surface area contributed by atoms with Crippen LogP contribution in [-0.4, -0.2) is 29.8 Å². The molecule has 1 amide bonds. The van der Waals surface area contributed by atoms with Crippen LogP contribution in [-0.2, 0) is 11.2 Å². The van der Waals surface area contributed by atoms with Gasteiger partial charge in [0.05, 0.1) is 5.02 Å².